The van der Waals surface area contributed by atoms with Gasteiger partial charge in [0.05, 0.1) is 25.9 Å². The third-order valence-corrected chi connectivity index (χ3v) is 9.26. The Balaban J connectivity index is 1.44. The maximum atomic E-state index is 13.7. The van der Waals surface area contributed by atoms with Crippen molar-refractivity contribution < 1.29 is 19.0 Å². The monoisotopic (exact) mass is 555 g/mol. The molecule has 0 bridgehead atoms. The van der Waals surface area contributed by atoms with Crippen LogP contribution in [0.25, 0.3) is 0 Å². The Hall–Kier alpha value is -2.09. The van der Waals surface area contributed by atoms with Crippen LogP contribution in [-0.4, -0.2) is 99.4 Å². The summed E-state index contributed by atoms with van der Waals surface area (Å²) in [6.45, 7) is 10.0. The van der Waals surface area contributed by atoms with Crippen LogP contribution in [0.1, 0.15) is 65.2 Å². The molecule has 0 saturated carbocycles. The van der Waals surface area contributed by atoms with Gasteiger partial charge in [0, 0.05) is 25.7 Å². The normalized spacial score (nSPS) is 26.6. The Labute approximate surface area is 242 Å². The molecule has 2 saturated heterocycles. The van der Waals surface area contributed by atoms with Crippen molar-refractivity contribution in [3.05, 3.63) is 35.9 Å². The quantitative estimate of drug-likeness (QED) is 0.218. The van der Waals surface area contributed by atoms with Gasteiger partial charge in [-0.3, -0.25) is 9.69 Å². The molecule has 40 heavy (non-hydrogen) atoms. The summed E-state index contributed by atoms with van der Waals surface area (Å²) in [7, 11) is 5.90. The second-order valence-corrected chi connectivity index (χ2v) is 12.5. The van der Waals surface area contributed by atoms with E-state index in [1.807, 2.05) is 24.3 Å². The molecule has 1 aliphatic carbocycles. The minimum Gasteiger partial charge on any atom is -0.493 e. The lowest BCUT2D eigenvalue weighted by Crippen LogP contribution is -2.44. The molecule has 0 aromatic heterocycles. The first-order valence-corrected chi connectivity index (χ1v) is 15.6. The molecule has 2 heterocycles. The maximum Gasteiger partial charge on any atom is 0.236 e. The lowest BCUT2D eigenvalue weighted by atomic mass is 9.75. The van der Waals surface area contributed by atoms with Crippen molar-refractivity contribution in [2.45, 2.75) is 76.9 Å². The van der Waals surface area contributed by atoms with Gasteiger partial charge in [-0.1, -0.05) is 31.6 Å². The number of nitrogens with zero attached hydrogens (tertiary/aromatic N) is 3. The average molecular weight is 556 g/mol. The van der Waals surface area contributed by atoms with Gasteiger partial charge in [-0.25, -0.2) is 0 Å². The fraction of sp³-hybridized carbons (Fsp3) is 0.727. The highest BCUT2D eigenvalue weighted by Crippen LogP contribution is 2.45. The summed E-state index contributed by atoms with van der Waals surface area (Å²) in [5, 5.41) is 0. The molecule has 2 unspecified atom stereocenters. The first-order chi connectivity index (χ1) is 19.3. The van der Waals surface area contributed by atoms with Crippen LogP contribution in [0, 0.1) is 11.8 Å². The maximum absolute atomic E-state index is 13.7. The molecule has 4 rings (SSSR count). The van der Waals surface area contributed by atoms with Crippen molar-refractivity contribution in [3.63, 3.8) is 0 Å². The Kier molecular flexibility index (Phi) is 11.3. The van der Waals surface area contributed by atoms with E-state index in [2.05, 4.69) is 48.7 Å². The topological polar surface area (TPSA) is 54.5 Å². The summed E-state index contributed by atoms with van der Waals surface area (Å²) in [5.74, 6) is 2.85. The molecule has 2 fully saturated rings. The van der Waals surface area contributed by atoms with Gasteiger partial charge >= 0.3 is 0 Å². The van der Waals surface area contributed by atoms with Crippen molar-refractivity contribution >= 4 is 5.91 Å². The number of hydrogen-bond donors (Lipinski definition) is 0. The van der Waals surface area contributed by atoms with E-state index in [1.165, 1.54) is 5.57 Å². The predicted octanol–water partition coefficient (Wildman–Crippen LogP) is 5.25. The van der Waals surface area contributed by atoms with Gasteiger partial charge in [0.2, 0.25) is 5.91 Å². The van der Waals surface area contributed by atoms with Crippen LogP contribution < -0.4 is 9.47 Å². The fourth-order valence-electron chi connectivity index (χ4n) is 6.73. The SMILES string of the molecule is CCCCN(CCCCN(C)C)C(=O)CN1C[C@H](C2C=C3CCOC3(C)CC2)C[C@@H]1COc1ccccc1OC. The van der Waals surface area contributed by atoms with E-state index in [0.29, 0.717) is 25.0 Å². The number of benzene rings is 1. The van der Waals surface area contributed by atoms with Crippen molar-refractivity contribution in [2.24, 2.45) is 11.8 Å². The molecule has 2 aliphatic heterocycles. The number of carbonyl (C=O) groups excluding carboxylic acids is 1. The molecular weight excluding hydrogens is 502 g/mol. The predicted molar refractivity (Wildman–Crippen MR) is 161 cm³/mol. The third kappa shape index (κ3) is 8.01. The average Bonchev–Trinajstić information content (AvgIpc) is 3.53. The van der Waals surface area contributed by atoms with E-state index in [1.54, 1.807) is 7.11 Å². The molecule has 3 aliphatic rings. The Morgan fingerprint density at radius 3 is 2.62 bits per heavy atom. The molecule has 4 atom stereocenters. The van der Waals surface area contributed by atoms with Crippen molar-refractivity contribution in [1.29, 1.82) is 0 Å². The van der Waals surface area contributed by atoms with Crippen molar-refractivity contribution in [1.82, 2.24) is 14.7 Å². The number of rotatable bonds is 15. The highest BCUT2D eigenvalue weighted by atomic mass is 16.5. The van der Waals surface area contributed by atoms with E-state index in [0.717, 1.165) is 95.7 Å². The second-order valence-electron chi connectivity index (χ2n) is 12.5. The largest absolute Gasteiger partial charge is 0.493 e. The first kappa shape index (κ1) is 30.9. The van der Waals surface area contributed by atoms with E-state index in [9.17, 15) is 4.79 Å². The van der Waals surface area contributed by atoms with Crippen LogP contribution in [0.3, 0.4) is 0 Å². The fourth-order valence-corrected chi connectivity index (χ4v) is 6.73. The Bertz CT molecular complexity index is 982. The first-order valence-electron chi connectivity index (χ1n) is 15.6. The second kappa shape index (κ2) is 14.7. The lowest BCUT2D eigenvalue weighted by Gasteiger charge is -2.34. The number of hydrogen-bond acceptors (Lipinski definition) is 6. The van der Waals surface area contributed by atoms with Crippen LogP contribution in [0.2, 0.25) is 0 Å². The van der Waals surface area contributed by atoms with E-state index in [4.69, 9.17) is 14.2 Å². The molecule has 0 radical (unpaired) electrons. The van der Waals surface area contributed by atoms with Gasteiger partial charge in [-0.2, -0.15) is 0 Å². The van der Waals surface area contributed by atoms with E-state index < -0.39 is 0 Å². The Morgan fingerprint density at radius 2 is 1.88 bits per heavy atom. The Morgan fingerprint density at radius 1 is 1.12 bits per heavy atom. The minimum atomic E-state index is -0.0521. The summed E-state index contributed by atoms with van der Waals surface area (Å²) in [6, 6.07) is 8.04. The summed E-state index contributed by atoms with van der Waals surface area (Å²) < 4.78 is 18.0. The molecule has 0 spiro atoms. The van der Waals surface area contributed by atoms with Gasteiger partial charge in [-0.15, -0.1) is 0 Å². The number of allylic oxidation sites excluding steroid dienone is 1. The molecule has 1 aromatic rings. The zero-order valence-corrected chi connectivity index (χ0v) is 25.7. The molecule has 0 N–H and O–H groups in total. The van der Waals surface area contributed by atoms with Crippen LogP contribution in [-0.2, 0) is 9.53 Å². The lowest BCUT2D eigenvalue weighted by molar-refractivity contribution is -0.133. The van der Waals surface area contributed by atoms with Gasteiger partial charge in [0.1, 0.15) is 6.61 Å². The highest BCUT2D eigenvalue weighted by Gasteiger charge is 2.43. The smallest absolute Gasteiger partial charge is 0.236 e. The highest BCUT2D eigenvalue weighted by molar-refractivity contribution is 5.78. The molecule has 7 heteroatoms. The van der Waals surface area contributed by atoms with E-state index >= 15 is 0 Å². The molecule has 7 nitrogen and oxygen atoms in total. The van der Waals surface area contributed by atoms with Crippen LogP contribution >= 0.6 is 0 Å². The van der Waals surface area contributed by atoms with Gasteiger partial charge in [0.25, 0.3) is 0 Å². The molecule has 224 valence electrons. The van der Waals surface area contributed by atoms with Crippen LogP contribution in [0.5, 0.6) is 11.5 Å². The van der Waals surface area contributed by atoms with Crippen LogP contribution in [0.15, 0.2) is 35.9 Å². The number of likely N-dealkylation sites (tertiary alicyclic amines) is 1. The van der Waals surface area contributed by atoms with Crippen molar-refractivity contribution in [3.8, 4) is 11.5 Å². The number of para-hydroxylation sites is 2. The summed E-state index contributed by atoms with van der Waals surface area (Å²) in [5.41, 5.74) is 1.44. The number of methoxy groups -OCH3 is 1. The van der Waals surface area contributed by atoms with Gasteiger partial charge in [-0.05, 0) is 102 Å². The van der Waals surface area contributed by atoms with E-state index in [-0.39, 0.29) is 17.6 Å². The number of carbonyl (C=O) groups is 1. The zero-order valence-electron chi connectivity index (χ0n) is 25.7. The molecule has 1 aromatic carbocycles. The third-order valence-electron chi connectivity index (χ3n) is 9.26. The van der Waals surface area contributed by atoms with Crippen LogP contribution in [0.4, 0.5) is 0 Å². The number of unbranched alkanes of at least 4 members (excludes halogenated alkanes) is 2. The van der Waals surface area contributed by atoms with Crippen molar-refractivity contribution in [2.75, 3.05) is 67.1 Å². The standard InChI is InChI=1S/C33H53N3O4/c1-6-7-18-35(19-11-10-17-34(3)4)32(37)24-36-23-27(26-14-16-33(2)28(21-26)15-20-40-33)22-29(36)25-39-31-13-9-8-12-30(31)38-5/h8-9,12-13,21,26-27,29H,6-7,10-11,14-20,22-25H2,1-5H3/t26?,27-,29-,33?/m1/s1. The molecular formula is C33H53N3O4. The minimum absolute atomic E-state index is 0.0521. The summed E-state index contributed by atoms with van der Waals surface area (Å²) in [4.78, 5) is 20.5. The summed E-state index contributed by atoms with van der Waals surface area (Å²) in [6.07, 6.45) is 11.2. The zero-order chi connectivity index (χ0) is 28.5. The number of fused-ring (bicyclic) bond motifs is 1. The number of amides is 1. The molecule has 1 amide bonds. The summed E-state index contributed by atoms with van der Waals surface area (Å²) >= 11 is 0. The number of ether oxygens (including phenoxy) is 3. The van der Waals surface area contributed by atoms with Gasteiger partial charge in [0.15, 0.2) is 11.5 Å². The van der Waals surface area contributed by atoms with Gasteiger partial charge < -0.3 is 24.0 Å².